The molecule has 1 unspecified atom stereocenters. The smallest absolute Gasteiger partial charge is 0.133 e. The second-order valence-corrected chi connectivity index (χ2v) is 7.61. The third kappa shape index (κ3) is 11.0. The monoisotopic (exact) mass is 296 g/mol. The topological polar surface area (TPSA) is 17.1 Å². The van der Waals surface area contributed by atoms with Gasteiger partial charge in [-0.3, -0.25) is 4.79 Å². The molecule has 21 heavy (non-hydrogen) atoms. The Hall–Kier alpha value is -0.330. The maximum atomic E-state index is 11.5. The molecule has 0 aliphatic rings. The van der Waals surface area contributed by atoms with Crippen LogP contribution in [-0.4, -0.2) is 5.78 Å². The first kappa shape index (κ1) is 20.7. The largest absolute Gasteiger partial charge is 0.300 e. The van der Waals surface area contributed by atoms with Crippen LogP contribution in [0.25, 0.3) is 0 Å². The van der Waals surface area contributed by atoms with E-state index in [0.29, 0.717) is 5.78 Å². The quantitative estimate of drug-likeness (QED) is 0.317. The van der Waals surface area contributed by atoms with E-state index in [9.17, 15) is 4.79 Å². The summed E-state index contributed by atoms with van der Waals surface area (Å²) in [6.45, 7) is 10.6. The molecule has 0 radical (unpaired) electrons. The van der Waals surface area contributed by atoms with Gasteiger partial charge in [-0.15, -0.1) is 0 Å². The lowest BCUT2D eigenvalue weighted by atomic mass is 9.74. The molecule has 1 nitrogen and oxygen atoms in total. The van der Waals surface area contributed by atoms with E-state index >= 15 is 0 Å². The normalized spacial score (nSPS) is 13.4. The minimum Gasteiger partial charge on any atom is -0.300 e. The summed E-state index contributed by atoms with van der Waals surface area (Å²) in [6, 6.07) is 0. The van der Waals surface area contributed by atoms with Crippen LogP contribution in [0.5, 0.6) is 0 Å². The Morgan fingerprint density at radius 1 is 0.810 bits per heavy atom. The van der Waals surface area contributed by atoms with Crippen molar-refractivity contribution in [1.82, 2.24) is 0 Å². The van der Waals surface area contributed by atoms with E-state index in [1.807, 2.05) is 0 Å². The molecule has 0 bridgehead atoms. The molecular formula is C20H40O. The minimum absolute atomic E-state index is 0.172. The lowest BCUT2D eigenvalue weighted by Crippen LogP contribution is -2.27. The van der Waals surface area contributed by atoms with Crippen molar-refractivity contribution >= 4 is 5.78 Å². The molecule has 1 atom stereocenters. The Kier molecular flexibility index (Phi) is 12.0. The molecule has 0 aromatic heterocycles. The fraction of sp³-hybridized carbons (Fsp3) is 0.950. The molecule has 0 heterocycles. The highest BCUT2D eigenvalue weighted by Gasteiger charge is 2.28. The van der Waals surface area contributed by atoms with Crippen LogP contribution in [0.15, 0.2) is 0 Å². The third-order valence-electron chi connectivity index (χ3n) is 5.21. The average molecular weight is 297 g/mol. The Balaban J connectivity index is 3.42. The molecule has 0 saturated heterocycles. The summed E-state index contributed by atoms with van der Waals surface area (Å²) in [6.07, 6.45) is 16.5. The van der Waals surface area contributed by atoms with E-state index < -0.39 is 0 Å². The molecule has 0 aromatic carbocycles. The first-order valence-electron chi connectivity index (χ1n) is 9.42. The molecule has 0 spiro atoms. The van der Waals surface area contributed by atoms with E-state index in [2.05, 4.69) is 27.7 Å². The second-order valence-electron chi connectivity index (χ2n) is 7.61. The number of carbonyl (C=O) groups is 1. The zero-order valence-corrected chi connectivity index (χ0v) is 15.5. The van der Waals surface area contributed by atoms with Gasteiger partial charge in [0, 0.05) is 5.92 Å². The molecule has 0 N–H and O–H groups in total. The van der Waals surface area contributed by atoms with Crippen LogP contribution >= 0.6 is 0 Å². The molecule has 0 aliphatic heterocycles. The summed E-state index contributed by atoms with van der Waals surface area (Å²) in [7, 11) is 0. The van der Waals surface area contributed by atoms with E-state index in [0.717, 1.165) is 0 Å². The SMILES string of the molecule is CCCCCCCCCCCCCC(C)(C)C(C)C(C)=O. The van der Waals surface area contributed by atoms with Crippen LogP contribution in [0.2, 0.25) is 0 Å². The zero-order valence-electron chi connectivity index (χ0n) is 15.5. The first-order valence-corrected chi connectivity index (χ1v) is 9.42. The van der Waals surface area contributed by atoms with Crippen LogP contribution in [-0.2, 0) is 4.79 Å². The predicted molar refractivity (Wildman–Crippen MR) is 94.7 cm³/mol. The van der Waals surface area contributed by atoms with Gasteiger partial charge in [0.05, 0.1) is 0 Å². The van der Waals surface area contributed by atoms with Crippen molar-refractivity contribution in [2.75, 3.05) is 0 Å². The fourth-order valence-electron chi connectivity index (χ4n) is 3.01. The van der Waals surface area contributed by atoms with E-state index in [4.69, 9.17) is 0 Å². The van der Waals surface area contributed by atoms with E-state index in [1.54, 1.807) is 6.92 Å². The van der Waals surface area contributed by atoms with Crippen molar-refractivity contribution in [2.24, 2.45) is 11.3 Å². The molecular weight excluding hydrogens is 256 g/mol. The highest BCUT2D eigenvalue weighted by atomic mass is 16.1. The van der Waals surface area contributed by atoms with Gasteiger partial charge in [-0.2, -0.15) is 0 Å². The van der Waals surface area contributed by atoms with Gasteiger partial charge in [0.1, 0.15) is 5.78 Å². The van der Waals surface area contributed by atoms with Crippen molar-refractivity contribution in [3.05, 3.63) is 0 Å². The molecule has 0 aromatic rings. The molecule has 126 valence electrons. The molecule has 0 fully saturated rings. The van der Waals surface area contributed by atoms with Crippen LogP contribution in [0.1, 0.15) is 112 Å². The van der Waals surface area contributed by atoms with Crippen LogP contribution in [0.3, 0.4) is 0 Å². The van der Waals surface area contributed by atoms with Crippen LogP contribution in [0.4, 0.5) is 0 Å². The Morgan fingerprint density at radius 3 is 1.57 bits per heavy atom. The summed E-state index contributed by atoms with van der Waals surface area (Å²) < 4.78 is 0. The number of hydrogen-bond donors (Lipinski definition) is 0. The highest BCUT2D eigenvalue weighted by Crippen LogP contribution is 2.33. The summed E-state index contributed by atoms with van der Waals surface area (Å²) >= 11 is 0. The maximum absolute atomic E-state index is 11.5. The van der Waals surface area contributed by atoms with Crippen molar-refractivity contribution in [2.45, 2.75) is 112 Å². The van der Waals surface area contributed by atoms with Gasteiger partial charge >= 0.3 is 0 Å². The molecule has 0 saturated carbocycles. The van der Waals surface area contributed by atoms with Gasteiger partial charge in [-0.25, -0.2) is 0 Å². The van der Waals surface area contributed by atoms with Gasteiger partial charge in [0.15, 0.2) is 0 Å². The van der Waals surface area contributed by atoms with Crippen LogP contribution in [0, 0.1) is 11.3 Å². The van der Waals surface area contributed by atoms with E-state index in [1.165, 1.54) is 77.0 Å². The number of ketones is 1. The van der Waals surface area contributed by atoms with Gasteiger partial charge in [0.25, 0.3) is 0 Å². The first-order chi connectivity index (χ1) is 9.91. The van der Waals surface area contributed by atoms with Gasteiger partial charge in [-0.05, 0) is 18.8 Å². The average Bonchev–Trinajstić information content (AvgIpc) is 2.43. The molecule has 1 heteroatoms. The predicted octanol–water partition coefficient (Wildman–Crippen LogP) is 6.94. The second kappa shape index (κ2) is 12.2. The van der Waals surface area contributed by atoms with Crippen molar-refractivity contribution in [3.63, 3.8) is 0 Å². The fourth-order valence-corrected chi connectivity index (χ4v) is 3.01. The number of unbranched alkanes of at least 4 members (excludes halogenated alkanes) is 10. The molecule has 0 amide bonds. The summed E-state index contributed by atoms with van der Waals surface area (Å²) in [5.74, 6) is 0.531. The Morgan fingerprint density at radius 2 is 1.19 bits per heavy atom. The van der Waals surface area contributed by atoms with Gasteiger partial charge in [0.2, 0.25) is 0 Å². The van der Waals surface area contributed by atoms with Crippen molar-refractivity contribution in [3.8, 4) is 0 Å². The lowest BCUT2D eigenvalue weighted by molar-refractivity contribution is -0.123. The third-order valence-corrected chi connectivity index (χ3v) is 5.21. The summed E-state index contributed by atoms with van der Waals surface area (Å²) in [5.41, 5.74) is 0.172. The van der Waals surface area contributed by atoms with Gasteiger partial charge in [-0.1, -0.05) is 98.3 Å². The zero-order chi connectivity index (χ0) is 16.1. The number of hydrogen-bond acceptors (Lipinski definition) is 1. The number of Topliss-reactive ketones (excluding diaryl/α,β-unsaturated/α-hetero) is 1. The Labute approximate surface area is 134 Å². The minimum atomic E-state index is 0.172. The highest BCUT2D eigenvalue weighted by molar-refractivity contribution is 5.78. The maximum Gasteiger partial charge on any atom is 0.133 e. The van der Waals surface area contributed by atoms with Crippen molar-refractivity contribution in [1.29, 1.82) is 0 Å². The van der Waals surface area contributed by atoms with Gasteiger partial charge < -0.3 is 0 Å². The summed E-state index contributed by atoms with van der Waals surface area (Å²) in [4.78, 5) is 11.5. The summed E-state index contributed by atoms with van der Waals surface area (Å²) in [5, 5.41) is 0. The number of carbonyl (C=O) groups excluding carboxylic acids is 1. The van der Waals surface area contributed by atoms with E-state index in [-0.39, 0.29) is 11.3 Å². The molecule has 0 aliphatic carbocycles. The lowest BCUT2D eigenvalue weighted by Gasteiger charge is -2.30. The molecule has 0 rings (SSSR count). The van der Waals surface area contributed by atoms with Crippen LogP contribution < -0.4 is 0 Å². The Bertz CT molecular complexity index is 255. The number of rotatable bonds is 14. The van der Waals surface area contributed by atoms with Crippen molar-refractivity contribution < 1.29 is 4.79 Å². The standard InChI is InChI=1S/C20H40O/c1-6-7-8-9-10-11-12-13-14-15-16-17-20(4,5)18(2)19(3)21/h18H,6-17H2,1-5H3.